The predicted octanol–water partition coefficient (Wildman–Crippen LogP) is 6.33. The average Bonchev–Trinajstić information content (AvgIpc) is 2.76. The first-order chi connectivity index (χ1) is 14.7. The van der Waals surface area contributed by atoms with Gasteiger partial charge in [-0.05, 0) is 43.2 Å². The molecule has 0 amide bonds. The van der Waals surface area contributed by atoms with Crippen molar-refractivity contribution >= 4 is 0 Å². The molecule has 1 aromatic heterocycles. The van der Waals surface area contributed by atoms with E-state index < -0.39 is 0 Å². The molecule has 0 bridgehead atoms. The highest BCUT2D eigenvalue weighted by atomic mass is 16.4. The van der Waals surface area contributed by atoms with Crippen molar-refractivity contribution in [1.82, 2.24) is 0 Å². The summed E-state index contributed by atoms with van der Waals surface area (Å²) >= 11 is 0. The molecule has 1 heterocycles. The SMILES string of the molecule is CCC(c1ccccc1)c1c(O)c2c(oc1=O)C(Cc1ccccc1)CCCCC2. The van der Waals surface area contributed by atoms with Gasteiger partial charge in [-0.2, -0.15) is 0 Å². The van der Waals surface area contributed by atoms with Gasteiger partial charge in [0.15, 0.2) is 0 Å². The highest BCUT2D eigenvalue weighted by Crippen LogP contribution is 2.40. The van der Waals surface area contributed by atoms with Gasteiger partial charge in [0.2, 0.25) is 0 Å². The van der Waals surface area contributed by atoms with Gasteiger partial charge in [0.1, 0.15) is 11.5 Å². The Morgan fingerprint density at radius 3 is 2.40 bits per heavy atom. The third kappa shape index (κ3) is 4.21. The molecule has 1 aliphatic carbocycles. The molecule has 3 heteroatoms. The molecule has 0 saturated carbocycles. The minimum atomic E-state index is -0.388. The summed E-state index contributed by atoms with van der Waals surface area (Å²) in [7, 11) is 0. The Bertz CT molecular complexity index is 1020. The van der Waals surface area contributed by atoms with Crippen LogP contribution in [0.5, 0.6) is 5.75 Å². The molecule has 0 fully saturated rings. The van der Waals surface area contributed by atoms with E-state index in [2.05, 4.69) is 12.1 Å². The smallest absolute Gasteiger partial charge is 0.343 e. The van der Waals surface area contributed by atoms with Crippen LogP contribution in [-0.4, -0.2) is 5.11 Å². The van der Waals surface area contributed by atoms with E-state index in [1.54, 1.807) is 0 Å². The molecular formula is C27H30O3. The molecule has 0 radical (unpaired) electrons. The molecule has 30 heavy (non-hydrogen) atoms. The summed E-state index contributed by atoms with van der Waals surface area (Å²) in [6.07, 6.45) is 6.54. The predicted molar refractivity (Wildman–Crippen MR) is 120 cm³/mol. The molecule has 3 aromatic rings. The Kier molecular flexibility index (Phi) is 6.37. The lowest BCUT2D eigenvalue weighted by Gasteiger charge is -2.25. The van der Waals surface area contributed by atoms with Crippen LogP contribution in [0.25, 0.3) is 0 Å². The van der Waals surface area contributed by atoms with E-state index in [1.165, 1.54) is 5.56 Å². The van der Waals surface area contributed by atoms with E-state index in [4.69, 9.17) is 4.42 Å². The second-order valence-corrected chi connectivity index (χ2v) is 8.35. The molecule has 0 spiro atoms. The number of rotatable bonds is 5. The largest absolute Gasteiger partial charge is 0.507 e. The first kappa shape index (κ1) is 20.5. The maximum atomic E-state index is 13.2. The number of aromatic hydroxyl groups is 1. The van der Waals surface area contributed by atoms with Gasteiger partial charge in [-0.3, -0.25) is 0 Å². The molecule has 2 aromatic carbocycles. The lowest BCUT2D eigenvalue weighted by molar-refractivity contribution is 0.354. The van der Waals surface area contributed by atoms with Crippen molar-refractivity contribution in [1.29, 1.82) is 0 Å². The Hall–Kier alpha value is -2.81. The van der Waals surface area contributed by atoms with Gasteiger partial charge in [-0.15, -0.1) is 0 Å². The molecule has 1 N–H and O–H groups in total. The van der Waals surface area contributed by atoms with Crippen molar-refractivity contribution in [2.75, 3.05) is 0 Å². The van der Waals surface area contributed by atoms with Gasteiger partial charge < -0.3 is 9.52 Å². The lowest BCUT2D eigenvalue weighted by atomic mass is 9.83. The fourth-order valence-electron chi connectivity index (χ4n) is 4.86. The summed E-state index contributed by atoms with van der Waals surface area (Å²) in [5.74, 6) is 0.822. The van der Waals surface area contributed by atoms with Crippen molar-refractivity contribution in [2.45, 2.75) is 63.7 Å². The van der Waals surface area contributed by atoms with E-state index in [-0.39, 0.29) is 23.2 Å². The van der Waals surface area contributed by atoms with E-state index in [0.717, 1.165) is 56.1 Å². The Morgan fingerprint density at radius 1 is 1.00 bits per heavy atom. The van der Waals surface area contributed by atoms with Crippen molar-refractivity contribution in [3.8, 4) is 5.75 Å². The summed E-state index contributed by atoms with van der Waals surface area (Å²) in [5.41, 5.74) is 3.15. The van der Waals surface area contributed by atoms with Crippen molar-refractivity contribution in [3.63, 3.8) is 0 Å². The van der Waals surface area contributed by atoms with E-state index in [9.17, 15) is 9.90 Å². The van der Waals surface area contributed by atoms with Gasteiger partial charge in [0.25, 0.3) is 0 Å². The van der Waals surface area contributed by atoms with Crippen molar-refractivity contribution < 1.29 is 9.52 Å². The fourth-order valence-corrected chi connectivity index (χ4v) is 4.86. The topological polar surface area (TPSA) is 50.4 Å². The highest BCUT2D eigenvalue weighted by Gasteiger charge is 2.29. The van der Waals surface area contributed by atoms with Crippen LogP contribution in [0.15, 0.2) is 69.9 Å². The molecule has 1 aliphatic rings. The number of benzene rings is 2. The van der Waals surface area contributed by atoms with Gasteiger partial charge in [0.05, 0.1) is 5.56 Å². The minimum absolute atomic E-state index is 0.118. The van der Waals surface area contributed by atoms with Gasteiger partial charge in [-0.1, -0.05) is 80.4 Å². The van der Waals surface area contributed by atoms with Gasteiger partial charge in [0, 0.05) is 17.4 Å². The molecule has 3 nitrogen and oxygen atoms in total. The normalized spacial score (nSPS) is 17.6. The second-order valence-electron chi connectivity index (χ2n) is 8.35. The Labute approximate surface area is 178 Å². The fraction of sp³-hybridized carbons (Fsp3) is 0.370. The number of hydrogen-bond acceptors (Lipinski definition) is 3. The van der Waals surface area contributed by atoms with Crippen molar-refractivity contribution in [2.24, 2.45) is 0 Å². The zero-order valence-corrected chi connectivity index (χ0v) is 17.6. The van der Waals surface area contributed by atoms with Crippen LogP contribution in [0.2, 0.25) is 0 Å². The lowest BCUT2D eigenvalue weighted by Crippen LogP contribution is -2.20. The summed E-state index contributed by atoms with van der Waals surface area (Å²) < 4.78 is 6.02. The number of hydrogen-bond donors (Lipinski definition) is 1. The molecule has 2 unspecified atom stereocenters. The standard InChI is InChI=1S/C27H30O3/c1-2-22(20-14-8-4-9-15-20)24-25(28)23-17-11-5-10-16-21(26(23)30-27(24)29)18-19-12-6-3-7-13-19/h3-4,6-9,12-15,21-22,28H,2,5,10-11,16-18H2,1H3. The second kappa shape index (κ2) is 9.34. The Morgan fingerprint density at radius 2 is 1.70 bits per heavy atom. The number of fused-ring (bicyclic) bond motifs is 1. The summed E-state index contributed by atoms with van der Waals surface area (Å²) in [4.78, 5) is 13.2. The zero-order chi connectivity index (χ0) is 20.9. The van der Waals surface area contributed by atoms with Gasteiger partial charge in [-0.25, -0.2) is 4.79 Å². The quantitative estimate of drug-likeness (QED) is 0.542. The van der Waals surface area contributed by atoms with Crippen LogP contribution < -0.4 is 5.63 Å². The molecule has 156 valence electrons. The van der Waals surface area contributed by atoms with E-state index in [0.29, 0.717) is 11.3 Å². The van der Waals surface area contributed by atoms with Crippen molar-refractivity contribution in [3.05, 3.63) is 99.1 Å². The summed E-state index contributed by atoms with van der Waals surface area (Å²) in [5, 5.41) is 11.3. The van der Waals surface area contributed by atoms with Crippen LogP contribution in [0.3, 0.4) is 0 Å². The molecular weight excluding hydrogens is 372 g/mol. The zero-order valence-electron chi connectivity index (χ0n) is 17.6. The Balaban J connectivity index is 1.80. The molecule has 0 aliphatic heterocycles. The van der Waals surface area contributed by atoms with Crippen LogP contribution in [0.4, 0.5) is 0 Å². The first-order valence-corrected chi connectivity index (χ1v) is 11.2. The average molecular weight is 403 g/mol. The summed E-state index contributed by atoms with van der Waals surface area (Å²) in [6.45, 7) is 2.05. The minimum Gasteiger partial charge on any atom is -0.507 e. The van der Waals surface area contributed by atoms with Crippen LogP contribution in [0.1, 0.15) is 78.9 Å². The third-order valence-corrected chi connectivity index (χ3v) is 6.39. The third-order valence-electron chi connectivity index (χ3n) is 6.39. The molecule has 0 saturated heterocycles. The summed E-state index contributed by atoms with van der Waals surface area (Å²) in [6, 6.07) is 20.3. The van der Waals surface area contributed by atoms with Crippen LogP contribution in [0, 0.1) is 0 Å². The van der Waals surface area contributed by atoms with E-state index in [1.807, 2.05) is 55.5 Å². The van der Waals surface area contributed by atoms with Crippen LogP contribution in [-0.2, 0) is 12.8 Å². The van der Waals surface area contributed by atoms with Gasteiger partial charge >= 0.3 is 5.63 Å². The molecule has 2 atom stereocenters. The highest BCUT2D eigenvalue weighted by molar-refractivity contribution is 5.47. The van der Waals surface area contributed by atoms with Crippen LogP contribution >= 0.6 is 0 Å². The molecule has 4 rings (SSSR count). The monoisotopic (exact) mass is 402 g/mol. The maximum Gasteiger partial charge on any atom is 0.343 e. The maximum absolute atomic E-state index is 13.2. The van der Waals surface area contributed by atoms with E-state index >= 15 is 0 Å². The first-order valence-electron chi connectivity index (χ1n) is 11.2.